The van der Waals surface area contributed by atoms with E-state index in [0.29, 0.717) is 6.42 Å². The zero-order valence-electron chi connectivity index (χ0n) is 10.2. The Morgan fingerprint density at radius 1 is 1.50 bits per heavy atom. The number of hydrogen-bond donors (Lipinski definition) is 3. The molecule has 0 bridgehead atoms. The third kappa shape index (κ3) is 1.65. The number of rotatable bonds is 1. The van der Waals surface area contributed by atoms with E-state index in [1.165, 1.54) is 0 Å². The Kier molecular flexibility index (Phi) is 2.49. The van der Waals surface area contributed by atoms with Gasteiger partial charge in [0, 0.05) is 16.0 Å². The molecule has 2 aromatic heterocycles. The molecule has 5 nitrogen and oxygen atoms in total. The Labute approximate surface area is 108 Å². The lowest BCUT2D eigenvalue weighted by molar-refractivity contribution is -0.119. The first-order valence-electron chi connectivity index (χ1n) is 5.76. The van der Waals surface area contributed by atoms with Crippen LogP contribution in [0.15, 0.2) is 6.07 Å². The fourth-order valence-corrected chi connectivity index (χ4v) is 3.63. The Balaban J connectivity index is 2.17. The van der Waals surface area contributed by atoms with E-state index in [4.69, 9.17) is 5.73 Å². The number of carbonyl (C=O) groups is 1. The van der Waals surface area contributed by atoms with E-state index in [2.05, 4.69) is 15.8 Å². The molecule has 3 rings (SSSR count). The molecule has 1 atom stereocenters. The molecule has 1 aliphatic heterocycles. The third-order valence-electron chi connectivity index (χ3n) is 3.14. The number of thiophene rings is 1. The van der Waals surface area contributed by atoms with E-state index in [-0.39, 0.29) is 11.9 Å². The molecule has 0 spiro atoms. The summed E-state index contributed by atoms with van der Waals surface area (Å²) in [6.07, 6.45) is 0.426. The largest absolute Gasteiger partial charge is 0.397 e. The number of hydrogen-bond acceptors (Lipinski definition) is 5. The first kappa shape index (κ1) is 11.4. The average molecular weight is 262 g/mol. The van der Waals surface area contributed by atoms with Gasteiger partial charge in [0.25, 0.3) is 0 Å². The highest BCUT2D eigenvalue weighted by Gasteiger charge is 2.27. The minimum absolute atomic E-state index is 0.00211. The number of anilines is 1. The first-order chi connectivity index (χ1) is 8.56. The number of aryl methyl sites for hydroxylation is 2. The van der Waals surface area contributed by atoms with Crippen molar-refractivity contribution in [2.24, 2.45) is 0 Å². The van der Waals surface area contributed by atoms with Crippen LogP contribution in [0.4, 0.5) is 5.69 Å². The van der Waals surface area contributed by atoms with Gasteiger partial charge in [-0.25, -0.2) is 10.4 Å². The fourth-order valence-electron chi connectivity index (χ4n) is 2.36. The van der Waals surface area contributed by atoms with Crippen LogP contribution in [0.5, 0.6) is 0 Å². The quantitative estimate of drug-likeness (QED) is 0.728. The van der Waals surface area contributed by atoms with Gasteiger partial charge in [0.15, 0.2) is 0 Å². The van der Waals surface area contributed by atoms with Gasteiger partial charge in [-0.05, 0) is 25.5 Å². The van der Waals surface area contributed by atoms with Crippen LogP contribution in [0, 0.1) is 13.8 Å². The van der Waals surface area contributed by atoms with E-state index < -0.39 is 0 Å². The summed E-state index contributed by atoms with van der Waals surface area (Å²) in [5.41, 5.74) is 14.6. The molecule has 0 aliphatic carbocycles. The summed E-state index contributed by atoms with van der Waals surface area (Å²) in [6, 6.07) is 1.98. The van der Waals surface area contributed by atoms with Gasteiger partial charge in [-0.2, -0.15) is 0 Å². The maximum Gasteiger partial charge on any atom is 0.236 e. The molecule has 3 heterocycles. The molecule has 94 valence electrons. The normalized spacial score (nSPS) is 19.4. The molecule has 1 amide bonds. The molecule has 1 aliphatic rings. The second-order valence-electron chi connectivity index (χ2n) is 4.59. The predicted molar refractivity (Wildman–Crippen MR) is 72.1 cm³/mol. The molecule has 4 N–H and O–H groups in total. The van der Waals surface area contributed by atoms with Gasteiger partial charge in [0.2, 0.25) is 5.91 Å². The van der Waals surface area contributed by atoms with Crippen molar-refractivity contribution in [2.75, 3.05) is 5.73 Å². The van der Waals surface area contributed by atoms with Gasteiger partial charge < -0.3 is 5.73 Å². The first-order valence-corrected chi connectivity index (χ1v) is 6.58. The van der Waals surface area contributed by atoms with Crippen molar-refractivity contribution in [3.05, 3.63) is 22.2 Å². The zero-order chi connectivity index (χ0) is 12.9. The van der Waals surface area contributed by atoms with Gasteiger partial charge in [-0.15, -0.1) is 11.3 Å². The number of carbonyl (C=O) groups excluding carboxylic acids is 1. The van der Waals surface area contributed by atoms with Crippen LogP contribution >= 0.6 is 11.3 Å². The maximum absolute atomic E-state index is 11.2. The topological polar surface area (TPSA) is 80.0 Å². The summed E-state index contributed by atoms with van der Waals surface area (Å²) in [4.78, 5) is 17.7. The second kappa shape index (κ2) is 3.93. The summed E-state index contributed by atoms with van der Waals surface area (Å²) < 4.78 is 0. The average Bonchev–Trinajstić information content (AvgIpc) is 2.83. The molecule has 1 fully saturated rings. The number of nitrogens with zero attached hydrogens (tertiary/aromatic N) is 1. The highest BCUT2D eigenvalue weighted by molar-refractivity contribution is 7.19. The lowest BCUT2D eigenvalue weighted by Gasteiger charge is -2.06. The standard InChI is InChI=1S/C12H14N4OS/c1-5-3-6(2)14-12-9(5)10(13)11(18-12)7-4-8(17)16-15-7/h3,7,15H,4,13H2,1-2H3,(H,16,17). The van der Waals surface area contributed by atoms with E-state index in [9.17, 15) is 4.79 Å². The zero-order valence-corrected chi connectivity index (χ0v) is 11.0. The third-order valence-corrected chi connectivity index (χ3v) is 4.36. The molecule has 18 heavy (non-hydrogen) atoms. The number of nitrogen functional groups attached to an aromatic ring is 1. The van der Waals surface area contributed by atoms with Crippen molar-refractivity contribution < 1.29 is 4.79 Å². The van der Waals surface area contributed by atoms with Crippen molar-refractivity contribution in [1.29, 1.82) is 0 Å². The van der Waals surface area contributed by atoms with E-state index in [1.54, 1.807) is 11.3 Å². The van der Waals surface area contributed by atoms with Crippen molar-refractivity contribution in [2.45, 2.75) is 26.3 Å². The summed E-state index contributed by atoms with van der Waals surface area (Å²) in [7, 11) is 0. The smallest absolute Gasteiger partial charge is 0.236 e. The number of nitrogens with two attached hydrogens (primary N) is 1. The van der Waals surface area contributed by atoms with Crippen LogP contribution in [0.2, 0.25) is 0 Å². The van der Waals surface area contributed by atoms with Crippen molar-refractivity contribution in [3.63, 3.8) is 0 Å². The van der Waals surface area contributed by atoms with E-state index >= 15 is 0 Å². The monoisotopic (exact) mass is 262 g/mol. The number of pyridine rings is 1. The van der Waals surface area contributed by atoms with Gasteiger partial charge >= 0.3 is 0 Å². The SMILES string of the molecule is Cc1cc(C)c2c(N)c(C3CC(=O)NN3)sc2n1. The summed E-state index contributed by atoms with van der Waals surface area (Å²) in [5, 5.41) is 1.02. The molecule has 0 radical (unpaired) electrons. The highest BCUT2D eigenvalue weighted by atomic mass is 32.1. The number of aromatic nitrogens is 1. The predicted octanol–water partition coefficient (Wildman–Crippen LogP) is 1.56. The van der Waals surface area contributed by atoms with Crippen LogP contribution in [0.25, 0.3) is 10.2 Å². The Hall–Kier alpha value is -1.66. The van der Waals surface area contributed by atoms with Crippen molar-refractivity contribution in [1.82, 2.24) is 15.8 Å². The van der Waals surface area contributed by atoms with Gasteiger partial charge in [-0.1, -0.05) is 0 Å². The molecule has 1 unspecified atom stereocenters. The fraction of sp³-hybridized carbons (Fsp3) is 0.333. The number of fused-ring (bicyclic) bond motifs is 1. The van der Waals surface area contributed by atoms with Gasteiger partial charge in [-0.3, -0.25) is 10.2 Å². The molecule has 0 aromatic carbocycles. The minimum Gasteiger partial charge on any atom is -0.397 e. The van der Waals surface area contributed by atoms with Gasteiger partial charge in [0.05, 0.1) is 18.2 Å². The molecular weight excluding hydrogens is 248 g/mol. The molecule has 1 saturated heterocycles. The van der Waals surface area contributed by atoms with Crippen LogP contribution < -0.4 is 16.6 Å². The maximum atomic E-state index is 11.2. The lowest BCUT2D eigenvalue weighted by atomic mass is 10.1. The number of amides is 1. The minimum atomic E-state index is -0.0450. The molecule has 6 heteroatoms. The van der Waals surface area contributed by atoms with Crippen LogP contribution in [-0.2, 0) is 4.79 Å². The van der Waals surface area contributed by atoms with Crippen molar-refractivity contribution >= 4 is 33.1 Å². The second-order valence-corrected chi connectivity index (χ2v) is 5.62. The van der Waals surface area contributed by atoms with E-state index in [0.717, 1.165) is 32.0 Å². The molecule has 2 aromatic rings. The Morgan fingerprint density at radius 2 is 2.28 bits per heavy atom. The lowest BCUT2D eigenvalue weighted by Crippen LogP contribution is -2.27. The number of hydrazine groups is 1. The van der Waals surface area contributed by atoms with E-state index in [1.807, 2.05) is 19.9 Å². The summed E-state index contributed by atoms with van der Waals surface area (Å²) in [5.74, 6) is -0.00211. The highest BCUT2D eigenvalue weighted by Crippen LogP contribution is 2.39. The van der Waals surface area contributed by atoms with Crippen LogP contribution in [0.1, 0.15) is 28.6 Å². The summed E-state index contributed by atoms with van der Waals surface area (Å²) >= 11 is 1.56. The summed E-state index contributed by atoms with van der Waals surface area (Å²) in [6.45, 7) is 4.01. The Morgan fingerprint density at radius 3 is 2.94 bits per heavy atom. The van der Waals surface area contributed by atoms with Crippen LogP contribution in [-0.4, -0.2) is 10.9 Å². The van der Waals surface area contributed by atoms with Crippen molar-refractivity contribution in [3.8, 4) is 0 Å². The molecular formula is C12H14N4OS. The molecule has 0 saturated carbocycles. The van der Waals surface area contributed by atoms with Crippen LogP contribution in [0.3, 0.4) is 0 Å². The van der Waals surface area contributed by atoms with Gasteiger partial charge in [0.1, 0.15) is 4.83 Å². The number of nitrogens with one attached hydrogen (secondary N) is 2. The Bertz CT molecular complexity index is 649.